The molecule has 0 saturated heterocycles. The normalized spacial score (nSPS) is 10.6. The number of rotatable bonds is 2. The highest BCUT2D eigenvalue weighted by Gasteiger charge is 2.07. The molecule has 3 nitrogen and oxygen atoms in total. The van der Waals surface area contributed by atoms with Gasteiger partial charge in [-0.05, 0) is 31.0 Å². The lowest BCUT2D eigenvalue weighted by Crippen LogP contribution is -2.03. The summed E-state index contributed by atoms with van der Waals surface area (Å²) in [6, 6.07) is 4.74. The third-order valence-electron chi connectivity index (χ3n) is 2.38. The predicted molar refractivity (Wildman–Crippen MR) is 55.4 cm³/mol. The summed E-state index contributed by atoms with van der Waals surface area (Å²) < 4.78 is 14.8. The van der Waals surface area contributed by atoms with Crippen molar-refractivity contribution in [1.29, 1.82) is 0 Å². The monoisotopic (exact) mass is 205 g/mol. The quantitative estimate of drug-likeness (QED) is 0.753. The zero-order valence-corrected chi connectivity index (χ0v) is 8.74. The van der Waals surface area contributed by atoms with E-state index in [2.05, 4.69) is 10.3 Å². The summed E-state index contributed by atoms with van der Waals surface area (Å²) in [6.45, 7) is 3.92. The average molecular weight is 205 g/mol. The summed E-state index contributed by atoms with van der Waals surface area (Å²) in [5.74, 6) is -0.253. The molecule has 0 aliphatic rings. The minimum absolute atomic E-state index is 0.253. The maximum Gasteiger partial charge on any atom is 0.125 e. The first-order valence-electron chi connectivity index (χ1n) is 4.88. The molecule has 1 aromatic carbocycles. The van der Waals surface area contributed by atoms with Crippen molar-refractivity contribution in [2.24, 2.45) is 0 Å². The second-order valence-electron chi connectivity index (χ2n) is 3.41. The van der Waals surface area contributed by atoms with Gasteiger partial charge in [0, 0.05) is 0 Å². The first kappa shape index (κ1) is 9.83. The van der Waals surface area contributed by atoms with Crippen LogP contribution in [0, 0.1) is 12.7 Å². The first-order chi connectivity index (χ1) is 7.22. The zero-order valence-electron chi connectivity index (χ0n) is 8.74. The Hall–Kier alpha value is -1.71. The van der Waals surface area contributed by atoms with E-state index in [1.165, 1.54) is 12.1 Å². The predicted octanol–water partition coefficient (Wildman–Crippen LogP) is 2.28. The fourth-order valence-corrected chi connectivity index (χ4v) is 1.56. The number of nitrogens with zero attached hydrogens (tertiary/aromatic N) is 3. The second kappa shape index (κ2) is 3.81. The molecule has 0 radical (unpaired) electrons. The minimum Gasteiger partial charge on any atom is -0.218 e. The Balaban J connectivity index is 2.60. The topological polar surface area (TPSA) is 30.7 Å². The van der Waals surface area contributed by atoms with Crippen LogP contribution in [-0.2, 0) is 6.42 Å². The summed E-state index contributed by atoms with van der Waals surface area (Å²) >= 11 is 0. The maximum absolute atomic E-state index is 13.1. The zero-order chi connectivity index (χ0) is 10.8. The van der Waals surface area contributed by atoms with E-state index in [-0.39, 0.29) is 5.82 Å². The Bertz CT molecular complexity index is 476. The first-order valence-corrected chi connectivity index (χ1v) is 4.88. The Morgan fingerprint density at radius 1 is 1.40 bits per heavy atom. The standard InChI is InChI=1S/C11H12FN3/c1-3-9-4-5-10(12)6-11(9)15-8(2)7-13-14-15/h4-7H,3H2,1-2H3. The van der Waals surface area contributed by atoms with Gasteiger partial charge in [0.05, 0.1) is 17.6 Å². The van der Waals surface area contributed by atoms with Crippen molar-refractivity contribution < 1.29 is 4.39 Å². The van der Waals surface area contributed by atoms with Gasteiger partial charge in [-0.25, -0.2) is 9.07 Å². The molecule has 0 aliphatic carbocycles. The lowest BCUT2D eigenvalue weighted by molar-refractivity contribution is 0.623. The summed E-state index contributed by atoms with van der Waals surface area (Å²) in [5.41, 5.74) is 2.73. The van der Waals surface area contributed by atoms with Crippen LogP contribution in [0.5, 0.6) is 0 Å². The molecule has 1 aromatic heterocycles. The summed E-state index contributed by atoms with van der Waals surface area (Å²) in [4.78, 5) is 0. The molecule has 0 bridgehead atoms. The van der Waals surface area contributed by atoms with Crippen LogP contribution in [-0.4, -0.2) is 15.0 Å². The van der Waals surface area contributed by atoms with Gasteiger partial charge in [0.1, 0.15) is 5.82 Å². The van der Waals surface area contributed by atoms with Crippen LogP contribution in [0.25, 0.3) is 5.69 Å². The molecule has 0 aliphatic heterocycles. The van der Waals surface area contributed by atoms with Crippen LogP contribution in [0.15, 0.2) is 24.4 Å². The summed E-state index contributed by atoms with van der Waals surface area (Å²) in [5, 5.41) is 7.73. The molecule has 0 N–H and O–H groups in total. The van der Waals surface area contributed by atoms with Crippen LogP contribution >= 0.6 is 0 Å². The molecule has 0 fully saturated rings. The number of benzene rings is 1. The third kappa shape index (κ3) is 1.75. The second-order valence-corrected chi connectivity index (χ2v) is 3.41. The Kier molecular flexibility index (Phi) is 2.49. The molecule has 0 saturated carbocycles. The lowest BCUT2D eigenvalue weighted by atomic mass is 10.1. The summed E-state index contributed by atoms with van der Waals surface area (Å²) in [6.07, 6.45) is 2.50. The number of halogens is 1. The molecular formula is C11H12FN3. The fraction of sp³-hybridized carbons (Fsp3) is 0.273. The fourth-order valence-electron chi connectivity index (χ4n) is 1.56. The van der Waals surface area contributed by atoms with Crippen LogP contribution in [0.3, 0.4) is 0 Å². The molecule has 1 heterocycles. The Morgan fingerprint density at radius 2 is 2.20 bits per heavy atom. The molecule has 0 unspecified atom stereocenters. The molecule has 0 spiro atoms. The van der Waals surface area contributed by atoms with E-state index < -0.39 is 0 Å². The van der Waals surface area contributed by atoms with Crippen LogP contribution in [0.2, 0.25) is 0 Å². The van der Waals surface area contributed by atoms with Crippen molar-refractivity contribution >= 4 is 0 Å². The van der Waals surface area contributed by atoms with E-state index in [9.17, 15) is 4.39 Å². The van der Waals surface area contributed by atoms with Gasteiger partial charge in [0.15, 0.2) is 0 Å². The van der Waals surface area contributed by atoms with Crippen molar-refractivity contribution in [2.45, 2.75) is 20.3 Å². The van der Waals surface area contributed by atoms with E-state index >= 15 is 0 Å². The molecule has 0 atom stereocenters. The van der Waals surface area contributed by atoms with Gasteiger partial charge in [-0.15, -0.1) is 5.10 Å². The van der Waals surface area contributed by atoms with Crippen molar-refractivity contribution in [2.75, 3.05) is 0 Å². The highest BCUT2D eigenvalue weighted by atomic mass is 19.1. The van der Waals surface area contributed by atoms with E-state index in [4.69, 9.17) is 0 Å². The van der Waals surface area contributed by atoms with E-state index in [0.29, 0.717) is 0 Å². The van der Waals surface area contributed by atoms with E-state index in [1.807, 2.05) is 13.8 Å². The van der Waals surface area contributed by atoms with Gasteiger partial charge in [-0.3, -0.25) is 0 Å². The molecule has 2 rings (SSSR count). The van der Waals surface area contributed by atoms with Gasteiger partial charge in [-0.1, -0.05) is 18.2 Å². The van der Waals surface area contributed by atoms with Crippen molar-refractivity contribution in [3.63, 3.8) is 0 Å². The number of hydrogen-bond acceptors (Lipinski definition) is 2. The number of aryl methyl sites for hydroxylation is 2. The highest BCUT2D eigenvalue weighted by molar-refractivity contribution is 5.41. The highest BCUT2D eigenvalue weighted by Crippen LogP contribution is 2.17. The van der Waals surface area contributed by atoms with Crippen LogP contribution in [0.4, 0.5) is 4.39 Å². The SMILES string of the molecule is CCc1ccc(F)cc1-n1nncc1C. The molecule has 15 heavy (non-hydrogen) atoms. The largest absolute Gasteiger partial charge is 0.218 e. The Morgan fingerprint density at radius 3 is 2.80 bits per heavy atom. The van der Waals surface area contributed by atoms with Gasteiger partial charge >= 0.3 is 0 Å². The smallest absolute Gasteiger partial charge is 0.125 e. The lowest BCUT2D eigenvalue weighted by Gasteiger charge is -2.08. The Labute approximate surface area is 87.5 Å². The van der Waals surface area contributed by atoms with Crippen molar-refractivity contribution in [1.82, 2.24) is 15.0 Å². The minimum atomic E-state index is -0.253. The molecule has 0 amide bonds. The maximum atomic E-state index is 13.1. The van der Waals surface area contributed by atoms with Crippen molar-refractivity contribution in [3.05, 3.63) is 41.5 Å². The molecule has 2 aromatic rings. The van der Waals surface area contributed by atoms with Crippen LogP contribution < -0.4 is 0 Å². The summed E-state index contributed by atoms with van der Waals surface area (Å²) in [7, 11) is 0. The van der Waals surface area contributed by atoms with E-state index in [1.54, 1.807) is 16.9 Å². The van der Waals surface area contributed by atoms with Gasteiger partial charge in [0.25, 0.3) is 0 Å². The molecule has 78 valence electrons. The van der Waals surface area contributed by atoms with Gasteiger partial charge < -0.3 is 0 Å². The number of hydrogen-bond donors (Lipinski definition) is 0. The van der Waals surface area contributed by atoms with Crippen molar-refractivity contribution in [3.8, 4) is 5.69 Å². The average Bonchev–Trinajstić information content (AvgIpc) is 2.64. The van der Waals surface area contributed by atoms with Gasteiger partial charge in [0.2, 0.25) is 0 Å². The molecular weight excluding hydrogens is 193 g/mol. The van der Waals surface area contributed by atoms with E-state index in [0.717, 1.165) is 23.4 Å². The number of aromatic nitrogens is 3. The van der Waals surface area contributed by atoms with Gasteiger partial charge in [-0.2, -0.15) is 0 Å². The third-order valence-corrected chi connectivity index (χ3v) is 2.38. The van der Waals surface area contributed by atoms with Crippen LogP contribution in [0.1, 0.15) is 18.2 Å². The molecule has 4 heteroatoms.